The number of thioether (sulfide) groups is 1. The summed E-state index contributed by atoms with van der Waals surface area (Å²) in [6, 6.07) is 16.7. The number of amides is 1. The Hall–Kier alpha value is -4.61. The molecule has 47 heavy (non-hydrogen) atoms. The Morgan fingerprint density at radius 3 is 2.43 bits per heavy atom. The van der Waals surface area contributed by atoms with E-state index in [2.05, 4.69) is 19.8 Å². The molecule has 1 unspecified atom stereocenters. The highest BCUT2D eigenvalue weighted by molar-refractivity contribution is 8.15. The topological polar surface area (TPSA) is 111 Å². The van der Waals surface area contributed by atoms with E-state index in [0.717, 1.165) is 22.2 Å². The van der Waals surface area contributed by atoms with Crippen molar-refractivity contribution in [3.8, 4) is 28.6 Å². The molecule has 0 spiro atoms. The summed E-state index contributed by atoms with van der Waals surface area (Å²) in [5, 5.41) is 14.8. The number of carbonyl (C=O) groups is 1. The Labute approximate surface area is 267 Å². The number of anilines is 1. The molecule has 1 saturated heterocycles. The first-order valence-corrected chi connectivity index (χ1v) is 14.7. The number of aliphatic hydroxyl groups excluding tert-OH is 1. The van der Waals surface area contributed by atoms with Crippen LogP contribution < -0.4 is 14.4 Å². The van der Waals surface area contributed by atoms with Gasteiger partial charge in [-0.15, -0.1) is 18.3 Å². The molecule has 0 radical (unpaired) electrons. The minimum Gasteiger partial charge on any atom is -0.482 e. The van der Waals surface area contributed by atoms with Crippen LogP contribution in [0.4, 0.5) is 32.0 Å². The molecule has 1 aromatic heterocycles. The molecule has 5 rings (SSSR count). The van der Waals surface area contributed by atoms with Crippen LogP contribution in [0.15, 0.2) is 78.0 Å². The third kappa shape index (κ3) is 9.24. The maximum Gasteiger partial charge on any atom is 0.573 e. The number of ether oxygens (including phenoxy) is 3. The summed E-state index contributed by atoms with van der Waals surface area (Å²) in [5.74, 6) is -0.628. The number of benzene rings is 3. The van der Waals surface area contributed by atoms with Gasteiger partial charge in [0.25, 0.3) is 6.41 Å². The van der Waals surface area contributed by atoms with Crippen molar-refractivity contribution in [3.05, 3.63) is 84.2 Å². The normalized spacial score (nSPS) is 15.4. The molecule has 248 valence electrons. The highest BCUT2D eigenvalue weighted by Gasteiger charge is 2.34. The Bertz CT molecular complexity index is 1730. The van der Waals surface area contributed by atoms with E-state index in [0.29, 0.717) is 29.1 Å². The van der Waals surface area contributed by atoms with Gasteiger partial charge >= 0.3 is 12.5 Å². The standard InChI is InChI=1S/C30H25F6N5O5S/c1-18-2-11-24(45-16-29(31,32)33)23(14-18)41-25(42)15-47-27(41)38-28(43)44-13-12-19-3-5-20(6-4-19)26-37-17-40(39-26)21-7-9-22(10-8-21)46-30(34,35)36/h2-11,14,17,28,43H,12-13,15-16H2,1H3/b38-27-. The average Bonchev–Trinajstić information content (AvgIpc) is 3.63. The maximum atomic E-state index is 12.8. The van der Waals surface area contributed by atoms with Crippen LogP contribution in [0.3, 0.4) is 0 Å². The number of hydrogen-bond donors (Lipinski definition) is 1. The zero-order chi connectivity index (χ0) is 33.8. The van der Waals surface area contributed by atoms with Crippen molar-refractivity contribution < 1.29 is 50.5 Å². The Balaban J connectivity index is 1.17. The maximum absolute atomic E-state index is 12.8. The van der Waals surface area contributed by atoms with Gasteiger partial charge < -0.3 is 19.3 Å². The first kappa shape index (κ1) is 33.7. The quantitative estimate of drug-likeness (QED) is 0.151. The van der Waals surface area contributed by atoms with Crippen LogP contribution in [0.1, 0.15) is 11.1 Å². The fourth-order valence-electron chi connectivity index (χ4n) is 4.33. The number of aliphatic imine (C=N–C) groups is 1. The Morgan fingerprint density at radius 2 is 1.74 bits per heavy atom. The van der Waals surface area contributed by atoms with E-state index >= 15 is 0 Å². The molecule has 0 saturated carbocycles. The van der Waals surface area contributed by atoms with Crippen LogP contribution in [0.25, 0.3) is 17.1 Å². The van der Waals surface area contributed by atoms with Crippen LogP contribution in [0.2, 0.25) is 0 Å². The number of amidine groups is 1. The van der Waals surface area contributed by atoms with Crippen molar-refractivity contribution in [1.82, 2.24) is 14.8 Å². The molecule has 17 heteroatoms. The van der Waals surface area contributed by atoms with Gasteiger partial charge in [0.15, 0.2) is 17.6 Å². The molecule has 1 aliphatic rings. The van der Waals surface area contributed by atoms with Crippen molar-refractivity contribution in [3.63, 3.8) is 0 Å². The molecule has 2 heterocycles. The molecule has 0 bridgehead atoms. The third-order valence-corrected chi connectivity index (χ3v) is 7.37. The zero-order valence-electron chi connectivity index (χ0n) is 24.3. The Kier molecular flexibility index (Phi) is 10.1. The molecule has 1 atom stereocenters. The lowest BCUT2D eigenvalue weighted by molar-refractivity contribution is -0.274. The summed E-state index contributed by atoms with van der Waals surface area (Å²) in [6.07, 6.45) is -9.23. The van der Waals surface area contributed by atoms with Crippen molar-refractivity contribution in [2.75, 3.05) is 23.9 Å². The van der Waals surface area contributed by atoms with E-state index in [1.807, 2.05) is 0 Å². The third-order valence-electron chi connectivity index (χ3n) is 6.43. The second kappa shape index (κ2) is 14.0. The molecule has 1 N–H and O–H groups in total. The molecule has 1 fully saturated rings. The van der Waals surface area contributed by atoms with Gasteiger partial charge in [-0.05, 0) is 60.9 Å². The lowest BCUT2D eigenvalue weighted by Gasteiger charge is -2.21. The number of nitrogens with zero attached hydrogens (tertiary/aromatic N) is 5. The smallest absolute Gasteiger partial charge is 0.482 e. The highest BCUT2D eigenvalue weighted by Crippen LogP contribution is 2.36. The van der Waals surface area contributed by atoms with E-state index in [1.54, 1.807) is 37.3 Å². The lowest BCUT2D eigenvalue weighted by atomic mass is 10.1. The molecule has 4 aromatic rings. The number of aliphatic hydroxyl groups is 1. The molecule has 10 nitrogen and oxygen atoms in total. The largest absolute Gasteiger partial charge is 0.573 e. The summed E-state index contributed by atoms with van der Waals surface area (Å²) in [6.45, 7) is 0.206. The van der Waals surface area contributed by atoms with Gasteiger partial charge in [-0.1, -0.05) is 42.1 Å². The number of carbonyl (C=O) groups excluding carboxylic acids is 1. The van der Waals surface area contributed by atoms with E-state index in [9.17, 15) is 36.2 Å². The van der Waals surface area contributed by atoms with Gasteiger partial charge in [0.2, 0.25) is 5.91 Å². The van der Waals surface area contributed by atoms with Gasteiger partial charge in [-0.25, -0.2) is 14.7 Å². The fraction of sp³-hybridized carbons (Fsp3) is 0.267. The van der Waals surface area contributed by atoms with Crippen LogP contribution in [0.5, 0.6) is 11.5 Å². The van der Waals surface area contributed by atoms with E-state index in [-0.39, 0.29) is 34.7 Å². The van der Waals surface area contributed by atoms with E-state index in [4.69, 9.17) is 9.47 Å². The Morgan fingerprint density at radius 1 is 1.02 bits per heavy atom. The summed E-state index contributed by atoms with van der Waals surface area (Å²) in [5.41, 5.74) is 2.74. The van der Waals surface area contributed by atoms with Crippen LogP contribution in [0, 0.1) is 6.92 Å². The first-order chi connectivity index (χ1) is 22.2. The fourth-order valence-corrected chi connectivity index (χ4v) is 5.21. The summed E-state index contributed by atoms with van der Waals surface area (Å²) >= 11 is 1.00. The second-order valence-corrected chi connectivity index (χ2v) is 10.9. The first-order valence-electron chi connectivity index (χ1n) is 13.7. The van der Waals surface area contributed by atoms with Crippen LogP contribution in [-0.2, 0) is 16.0 Å². The molecule has 1 amide bonds. The van der Waals surface area contributed by atoms with Crippen molar-refractivity contribution in [2.24, 2.45) is 4.99 Å². The van der Waals surface area contributed by atoms with E-state index in [1.165, 1.54) is 47.4 Å². The molecule has 3 aromatic carbocycles. The number of rotatable bonds is 11. The molecule has 1 aliphatic heterocycles. The minimum absolute atomic E-state index is 0.0408. The monoisotopic (exact) mass is 681 g/mol. The average molecular weight is 682 g/mol. The van der Waals surface area contributed by atoms with Crippen molar-refractivity contribution in [2.45, 2.75) is 32.3 Å². The van der Waals surface area contributed by atoms with Crippen LogP contribution in [-0.4, -0.2) is 68.9 Å². The molecule has 0 aliphatic carbocycles. The number of aryl methyl sites for hydroxylation is 1. The van der Waals surface area contributed by atoms with Gasteiger partial charge in [0, 0.05) is 5.56 Å². The summed E-state index contributed by atoms with van der Waals surface area (Å²) < 4.78 is 91.2. The zero-order valence-corrected chi connectivity index (χ0v) is 25.1. The lowest BCUT2D eigenvalue weighted by Crippen LogP contribution is -2.31. The summed E-state index contributed by atoms with van der Waals surface area (Å²) in [4.78, 5) is 22.1. The highest BCUT2D eigenvalue weighted by atomic mass is 32.2. The van der Waals surface area contributed by atoms with Crippen molar-refractivity contribution in [1.29, 1.82) is 0 Å². The van der Waals surface area contributed by atoms with E-state index < -0.39 is 31.5 Å². The SMILES string of the molecule is Cc1ccc(OCC(F)(F)F)c(N2C(=O)CS/C2=N\C(O)OCCc2ccc(-c3ncn(-c4ccc(OC(F)(F)F)cc4)n3)cc2)c1. The van der Waals surface area contributed by atoms with Gasteiger partial charge in [0.05, 0.1) is 23.7 Å². The number of alkyl halides is 6. The number of hydrogen-bond acceptors (Lipinski definition) is 9. The van der Waals surface area contributed by atoms with Gasteiger partial charge in [-0.2, -0.15) is 13.2 Å². The molecular weight excluding hydrogens is 656 g/mol. The van der Waals surface area contributed by atoms with Crippen molar-refractivity contribution >= 4 is 28.5 Å². The number of halogens is 6. The minimum atomic E-state index is -4.79. The predicted octanol–water partition coefficient (Wildman–Crippen LogP) is 6.05. The predicted molar refractivity (Wildman–Crippen MR) is 159 cm³/mol. The van der Waals surface area contributed by atoms with Crippen LogP contribution >= 0.6 is 11.8 Å². The summed E-state index contributed by atoms with van der Waals surface area (Å²) in [7, 11) is 0. The van der Waals surface area contributed by atoms with Gasteiger partial charge in [-0.3, -0.25) is 9.69 Å². The second-order valence-electron chi connectivity index (χ2n) is 10.0. The number of aromatic nitrogens is 3. The van der Waals surface area contributed by atoms with Gasteiger partial charge in [0.1, 0.15) is 17.8 Å². The molecular formula is C30H25F6N5O5S.